The summed E-state index contributed by atoms with van der Waals surface area (Å²) in [6.07, 6.45) is -0.272. The van der Waals surface area contributed by atoms with Crippen LogP contribution in [-0.4, -0.2) is 31.4 Å². The monoisotopic (exact) mass is 238 g/mol. The van der Waals surface area contributed by atoms with E-state index < -0.39 is 12.1 Å². The van der Waals surface area contributed by atoms with Gasteiger partial charge in [-0.3, -0.25) is 0 Å². The van der Waals surface area contributed by atoms with E-state index in [1.54, 1.807) is 19.2 Å². The highest BCUT2D eigenvalue weighted by molar-refractivity contribution is 5.76. The summed E-state index contributed by atoms with van der Waals surface area (Å²) in [6, 6.07) is 7.19. The van der Waals surface area contributed by atoms with Crippen molar-refractivity contribution in [2.24, 2.45) is 0 Å². The van der Waals surface area contributed by atoms with Gasteiger partial charge in [0.15, 0.2) is 6.10 Å². The molecule has 0 aliphatic heterocycles. The Morgan fingerprint density at radius 2 is 1.88 bits per heavy atom. The molecule has 0 amide bonds. The van der Waals surface area contributed by atoms with Crippen LogP contribution in [0.4, 0.5) is 0 Å². The van der Waals surface area contributed by atoms with Gasteiger partial charge in [0.05, 0.1) is 13.2 Å². The van der Waals surface area contributed by atoms with E-state index in [4.69, 9.17) is 4.74 Å². The maximum Gasteiger partial charge on any atom is 0.339 e. The third-order valence-corrected chi connectivity index (χ3v) is 2.65. The minimum absolute atomic E-state index is 0.145. The smallest absolute Gasteiger partial charge is 0.339 e. The second kappa shape index (κ2) is 6.37. The van der Waals surface area contributed by atoms with E-state index >= 15 is 0 Å². The molecule has 0 aromatic heterocycles. The van der Waals surface area contributed by atoms with Gasteiger partial charge in [-0.25, -0.2) is 4.79 Å². The minimum Gasteiger partial charge on any atom is -0.467 e. The van der Waals surface area contributed by atoms with Gasteiger partial charge in [-0.1, -0.05) is 24.3 Å². The van der Waals surface area contributed by atoms with Gasteiger partial charge in [-0.05, 0) is 24.5 Å². The molecule has 4 nitrogen and oxygen atoms in total. The zero-order valence-electron chi connectivity index (χ0n) is 10.3. The van der Waals surface area contributed by atoms with Gasteiger partial charge in [-0.2, -0.15) is 0 Å². The summed E-state index contributed by atoms with van der Waals surface area (Å²) < 4.78 is 9.63. The van der Waals surface area contributed by atoms with E-state index in [0.717, 1.165) is 12.0 Å². The lowest BCUT2D eigenvalue weighted by atomic mass is 10.0. The van der Waals surface area contributed by atoms with E-state index in [1.807, 2.05) is 19.1 Å². The average molecular weight is 238 g/mol. The molecule has 1 aromatic rings. The lowest BCUT2D eigenvalue weighted by Gasteiger charge is -2.11. The Labute approximate surface area is 101 Å². The molecule has 94 valence electrons. The van der Waals surface area contributed by atoms with Crippen molar-refractivity contribution in [2.75, 3.05) is 14.2 Å². The highest BCUT2D eigenvalue weighted by Gasteiger charge is 2.17. The van der Waals surface area contributed by atoms with Crippen molar-refractivity contribution in [3.8, 4) is 0 Å². The second-order valence-electron chi connectivity index (χ2n) is 3.92. The molecule has 0 saturated heterocycles. The van der Waals surface area contributed by atoms with Crippen molar-refractivity contribution in [3.05, 3.63) is 35.4 Å². The molecule has 1 N–H and O–H groups in total. The van der Waals surface area contributed by atoms with E-state index in [1.165, 1.54) is 7.11 Å². The number of hydrogen-bond donors (Lipinski definition) is 1. The Kier molecular flexibility index (Phi) is 5.12. The van der Waals surface area contributed by atoms with Crippen LogP contribution in [0.3, 0.4) is 0 Å². The number of aliphatic hydroxyl groups is 1. The van der Waals surface area contributed by atoms with E-state index in [-0.39, 0.29) is 6.10 Å². The first-order chi connectivity index (χ1) is 8.08. The number of esters is 1. The lowest BCUT2D eigenvalue weighted by Crippen LogP contribution is -2.13. The van der Waals surface area contributed by atoms with E-state index in [9.17, 15) is 9.90 Å². The van der Waals surface area contributed by atoms with Gasteiger partial charge >= 0.3 is 5.97 Å². The molecule has 4 heteroatoms. The van der Waals surface area contributed by atoms with Crippen LogP contribution in [0.15, 0.2) is 24.3 Å². The fourth-order valence-electron chi connectivity index (χ4n) is 1.50. The Morgan fingerprint density at radius 3 is 2.35 bits per heavy atom. The molecule has 0 fully saturated rings. The number of aliphatic hydroxyl groups excluding tert-OH is 1. The Bertz CT molecular complexity index is 358. The molecule has 1 aromatic carbocycles. The number of methoxy groups -OCH3 is 2. The van der Waals surface area contributed by atoms with Crippen LogP contribution >= 0.6 is 0 Å². The number of rotatable bonds is 5. The first-order valence-corrected chi connectivity index (χ1v) is 5.46. The Balaban J connectivity index is 2.70. The van der Waals surface area contributed by atoms with Crippen molar-refractivity contribution < 1.29 is 19.4 Å². The van der Waals surface area contributed by atoms with E-state index in [2.05, 4.69) is 4.74 Å². The maximum absolute atomic E-state index is 11.1. The Hall–Kier alpha value is -1.39. The number of ether oxygens (including phenoxy) is 2. The van der Waals surface area contributed by atoms with Crippen LogP contribution < -0.4 is 0 Å². The number of hydrogen-bond acceptors (Lipinski definition) is 4. The number of benzene rings is 1. The molecule has 0 bridgehead atoms. The summed E-state index contributed by atoms with van der Waals surface area (Å²) in [5.74, 6) is -0.650. The van der Waals surface area contributed by atoms with Crippen LogP contribution in [0.5, 0.6) is 0 Å². The minimum atomic E-state index is -1.21. The van der Waals surface area contributed by atoms with Gasteiger partial charge in [0.25, 0.3) is 0 Å². The molecule has 17 heavy (non-hydrogen) atoms. The van der Waals surface area contributed by atoms with Gasteiger partial charge in [-0.15, -0.1) is 0 Å². The largest absolute Gasteiger partial charge is 0.467 e. The van der Waals surface area contributed by atoms with Crippen LogP contribution in [-0.2, 0) is 20.7 Å². The third-order valence-electron chi connectivity index (χ3n) is 2.65. The summed E-state index contributed by atoms with van der Waals surface area (Å²) in [4.78, 5) is 11.1. The lowest BCUT2D eigenvalue weighted by molar-refractivity contribution is -0.150. The van der Waals surface area contributed by atoms with Gasteiger partial charge in [0, 0.05) is 7.11 Å². The maximum atomic E-state index is 11.1. The van der Waals surface area contributed by atoms with Gasteiger partial charge in [0.1, 0.15) is 0 Å². The quantitative estimate of drug-likeness (QED) is 0.789. The Morgan fingerprint density at radius 1 is 1.29 bits per heavy atom. The SMILES string of the molecule is COC(=O)C(O)c1ccc(CC(C)OC)cc1. The second-order valence-corrected chi connectivity index (χ2v) is 3.92. The molecule has 0 saturated carbocycles. The van der Waals surface area contributed by atoms with Crippen molar-refractivity contribution in [3.63, 3.8) is 0 Å². The summed E-state index contributed by atoms with van der Waals surface area (Å²) in [5, 5.41) is 9.61. The van der Waals surface area contributed by atoms with Crippen LogP contribution in [0.25, 0.3) is 0 Å². The van der Waals surface area contributed by atoms with Crippen LogP contribution in [0, 0.1) is 0 Å². The molecular weight excluding hydrogens is 220 g/mol. The molecule has 0 heterocycles. The van der Waals surface area contributed by atoms with Crippen molar-refractivity contribution >= 4 is 5.97 Å². The van der Waals surface area contributed by atoms with Crippen molar-refractivity contribution in [2.45, 2.75) is 25.6 Å². The predicted octanol–water partition coefficient (Wildman–Crippen LogP) is 1.47. The van der Waals surface area contributed by atoms with Gasteiger partial charge < -0.3 is 14.6 Å². The summed E-state index contributed by atoms with van der Waals surface area (Å²) >= 11 is 0. The third kappa shape index (κ3) is 3.84. The average Bonchev–Trinajstić information content (AvgIpc) is 2.37. The highest BCUT2D eigenvalue weighted by atomic mass is 16.5. The van der Waals surface area contributed by atoms with Crippen molar-refractivity contribution in [1.82, 2.24) is 0 Å². The molecule has 0 aliphatic rings. The summed E-state index contributed by atoms with van der Waals surface area (Å²) in [6.45, 7) is 1.98. The van der Waals surface area contributed by atoms with Crippen LogP contribution in [0.2, 0.25) is 0 Å². The normalized spacial score (nSPS) is 14.1. The molecule has 1 rings (SSSR count). The van der Waals surface area contributed by atoms with E-state index in [0.29, 0.717) is 5.56 Å². The number of carbonyl (C=O) groups excluding carboxylic acids is 1. The molecule has 2 atom stereocenters. The molecular formula is C13H18O4. The first kappa shape index (κ1) is 13.7. The topological polar surface area (TPSA) is 55.8 Å². The summed E-state index contributed by atoms with van der Waals surface area (Å²) in [7, 11) is 2.92. The highest BCUT2D eigenvalue weighted by Crippen LogP contribution is 2.16. The first-order valence-electron chi connectivity index (χ1n) is 5.46. The predicted molar refractivity (Wildman–Crippen MR) is 63.6 cm³/mol. The molecule has 0 aliphatic carbocycles. The van der Waals surface area contributed by atoms with Gasteiger partial charge in [0.2, 0.25) is 0 Å². The molecule has 2 unspecified atom stereocenters. The van der Waals surface area contributed by atoms with Crippen LogP contribution in [0.1, 0.15) is 24.2 Å². The zero-order valence-corrected chi connectivity index (χ0v) is 10.3. The molecule has 0 radical (unpaired) electrons. The molecule has 0 spiro atoms. The number of carbonyl (C=O) groups is 1. The van der Waals surface area contributed by atoms with Crippen molar-refractivity contribution in [1.29, 1.82) is 0 Å². The zero-order chi connectivity index (χ0) is 12.8. The fraction of sp³-hybridized carbons (Fsp3) is 0.462. The summed E-state index contributed by atoms with van der Waals surface area (Å²) in [5.41, 5.74) is 1.63. The fourth-order valence-corrected chi connectivity index (χ4v) is 1.50. The standard InChI is InChI=1S/C13H18O4/c1-9(16-2)8-10-4-6-11(7-5-10)12(14)13(15)17-3/h4-7,9,12,14H,8H2,1-3H3.